The van der Waals surface area contributed by atoms with Gasteiger partial charge < -0.3 is 19.3 Å². The molecule has 1 heterocycles. The number of nitrogens with one attached hydrogen (secondary N) is 1. The Morgan fingerprint density at radius 3 is 2.59 bits per heavy atom. The van der Waals surface area contributed by atoms with Gasteiger partial charge in [-0.3, -0.25) is 4.79 Å². The second-order valence-electron chi connectivity index (χ2n) is 4.56. The van der Waals surface area contributed by atoms with E-state index in [4.69, 9.17) is 25.6 Å². The molecule has 6 nitrogen and oxygen atoms in total. The number of aromatic nitrogens is 1. The first-order valence-electron chi connectivity index (χ1n) is 6.69. The van der Waals surface area contributed by atoms with E-state index in [0.29, 0.717) is 45.6 Å². The number of ether oxygens (including phenoxy) is 2. The van der Waals surface area contributed by atoms with E-state index >= 15 is 0 Å². The van der Waals surface area contributed by atoms with E-state index in [-0.39, 0.29) is 5.91 Å². The first-order valence-corrected chi connectivity index (χ1v) is 7.07. The van der Waals surface area contributed by atoms with Gasteiger partial charge in [0.2, 0.25) is 0 Å². The van der Waals surface area contributed by atoms with Crippen molar-refractivity contribution in [2.75, 3.05) is 19.5 Å². The van der Waals surface area contributed by atoms with Crippen molar-refractivity contribution < 1.29 is 18.8 Å². The van der Waals surface area contributed by atoms with Crippen molar-refractivity contribution in [2.24, 2.45) is 0 Å². The molecule has 0 bridgehead atoms. The molecule has 0 aliphatic carbocycles. The van der Waals surface area contributed by atoms with Crippen LogP contribution >= 0.6 is 11.6 Å². The van der Waals surface area contributed by atoms with Gasteiger partial charge in [-0.2, -0.15) is 0 Å². The molecule has 0 radical (unpaired) electrons. The van der Waals surface area contributed by atoms with E-state index in [1.807, 2.05) is 6.92 Å². The highest BCUT2D eigenvalue weighted by molar-refractivity contribution is 6.32. The summed E-state index contributed by atoms with van der Waals surface area (Å²) in [4.78, 5) is 12.5. The summed E-state index contributed by atoms with van der Waals surface area (Å²) in [6, 6.07) is 3.19. The van der Waals surface area contributed by atoms with E-state index in [0.717, 1.165) is 0 Å². The second kappa shape index (κ2) is 6.70. The van der Waals surface area contributed by atoms with Crippen LogP contribution in [0.2, 0.25) is 5.02 Å². The van der Waals surface area contributed by atoms with Gasteiger partial charge in [0.1, 0.15) is 22.8 Å². The van der Waals surface area contributed by atoms with Crippen molar-refractivity contribution in [1.29, 1.82) is 0 Å². The molecule has 0 aliphatic heterocycles. The average molecular weight is 325 g/mol. The monoisotopic (exact) mass is 324 g/mol. The Morgan fingerprint density at radius 2 is 2.00 bits per heavy atom. The predicted molar refractivity (Wildman–Crippen MR) is 83.1 cm³/mol. The van der Waals surface area contributed by atoms with Crippen LogP contribution in [-0.2, 0) is 6.42 Å². The van der Waals surface area contributed by atoms with Crippen LogP contribution in [0.25, 0.3) is 0 Å². The number of rotatable bonds is 5. The summed E-state index contributed by atoms with van der Waals surface area (Å²) in [6.07, 6.45) is 0.598. The zero-order valence-corrected chi connectivity index (χ0v) is 13.6. The Morgan fingerprint density at radius 1 is 1.32 bits per heavy atom. The molecule has 22 heavy (non-hydrogen) atoms. The lowest BCUT2D eigenvalue weighted by molar-refractivity contribution is 0.102. The Labute approximate surface area is 133 Å². The standard InChI is InChI=1S/C15H17ClN2O4/c1-5-10-14(8(2)22-18-10)15(19)17-11-6-9(16)12(20-3)7-13(11)21-4/h6-7H,5H2,1-4H3,(H,17,19). The maximum absolute atomic E-state index is 12.5. The number of aryl methyl sites for hydroxylation is 2. The summed E-state index contributed by atoms with van der Waals surface area (Å²) in [6.45, 7) is 3.60. The van der Waals surface area contributed by atoms with Gasteiger partial charge in [-0.15, -0.1) is 0 Å². The Bertz CT molecular complexity index is 697. The molecular weight excluding hydrogens is 308 g/mol. The van der Waals surface area contributed by atoms with Gasteiger partial charge >= 0.3 is 0 Å². The molecular formula is C15H17ClN2O4. The highest BCUT2D eigenvalue weighted by Gasteiger charge is 2.21. The van der Waals surface area contributed by atoms with Gasteiger partial charge in [0.05, 0.1) is 30.6 Å². The Kier molecular flexibility index (Phi) is 4.92. The topological polar surface area (TPSA) is 73.6 Å². The zero-order valence-electron chi connectivity index (χ0n) is 12.8. The van der Waals surface area contributed by atoms with Gasteiger partial charge in [0, 0.05) is 6.07 Å². The lowest BCUT2D eigenvalue weighted by Gasteiger charge is -2.13. The number of halogens is 1. The lowest BCUT2D eigenvalue weighted by Crippen LogP contribution is -2.15. The molecule has 2 rings (SSSR count). The fourth-order valence-corrected chi connectivity index (χ4v) is 2.33. The third-order valence-corrected chi connectivity index (χ3v) is 3.51. The molecule has 1 amide bonds. The summed E-state index contributed by atoms with van der Waals surface area (Å²) < 4.78 is 15.5. The molecule has 1 aromatic heterocycles. The zero-order chi connectivity index (χ0) is 16.3. The highest BCUT2D eigenvalue weighted by atomic mass is 35.5. The molecule has 0 saturated carbocycles. The summed E-state index contributed by atoms with van der Waals surface area (Å²) in [5, 5.41) is 7.01. The van der Waals surface area contributed by atoms with Crippen LogP contribution in [0.5, 0.6) is 11.5 Å². The summed E-state index contributed by atoms with van der Waals surface area (Å²) >= 11 is 6.09. The van der Waals surface area contributed by atoms with Gasteiger partial charge in [0.15, 0.2) is 0 Å². The molecule has 0 spiro atoms. The molecule has 0 atom stereocenters. The third-order valence-electron chi connectivity index (χ3n) is 3.22. The van der Waals surface area contributed by atoms with E-state index in [1.165, 1.54) is 14.2 Å². The smallest absolute Gasteiger partial charge is 0.261 e. The maximum atomic E-state index is 12.5. The molecule has 0 aliphatic rings. The van der Waals surface area contributed by atoms with Gasteiger partial charge in [0.25, 0.3) is 5.91 Å². The van der Waals surface area contributed by atoms with Crippen LogP contribution in [0, 0.1) is 6.92 Å². The molecule has 7 heteroatoms. The quantitative estimate of drug-likeness (QED) is 0.911. The van der Waals surface area contributed by atoms with Crippen LogP contribution in [-0.4, -0.2) is 25.3 Å². The largest absolute Gasteiger partial charge is 0.495 e. The van der Waals surface area contributed by atoms with Gasteiger partial charge in [-0.05, 0) is 19.4 Å². The van der Waals surface area contributed by atoms with E-state index in [1.54, 1.807) is 19.1 Å². The summed E-state index contributed by atoms with van der Waals surface area (Å²) in [5.74, 6) is 1.05. The molecule has 118 valence electrons. The van der Waals surface area contributed by atoms with E-state index in [9.17, 15) is 4.79 Å². The number of nitrogens with zero attached hydrogens (tertiary/aromatic N) is 1. The first kappa shape index (κ1) is 16.2. The molecule has 1 N–H and O–H groups in total. The van der Waals surface area contributed by atoms with E-state index in [2.05, 4.69) is 10.5 Å². The number of hydrogen-bond donors (Lipinski definition) is 1. The van der Waals surface area contributed by atoms with Crippen molar-refractivity contribution in [3.8, 4) is 11.5 Å². The molecule has 1 aromatic carbocycles. The van der Waals surface area contributed by atoms with Crippen molar-refractivity contribution in [3.05, 3.63) is 34.2 Å². The number of amides is 1. The predicted octanol–water partition coefficient (Wildman–Crippen LogP) is 3.47. The maximum Gasteiger partial charge on any atom is 0.261 e. The lowest BCUT2D eigenvalue weighted by atomic mass is 10.1. The van der Waals surface area contributed by atoms with Gasteiger partial charge in [-0.25, -0.2) is 0 Å². The van der Waals surface area contributed by atoms with Crippen LogP contribution < -0.4 is 14.8 Å². The van der Waals surface area contributed by atoms with Gasteiger partial charge in [-0.1, -0.05) is 23.7 Å². The number of benzene rings is 1. The molecule has 0 saturated heterocycles. The van der Waals surface area contributed by atoms with Crippen molar-refractivity contribution in [2.45, 2.75) is 20.3 Å². The fourth-order valence-electron chi connectivity index (χ4n) is 2.09. The van der Waals surface area contributed by atoms with Crippen molar-refractivity contribution in [1.82, 2.24) is 5.16 Å². The Hall–Kier alpha value is -2.21. The number of carbonyl (C=O) groups is 1. The molecule has 2 aromatic rings. The summed E-state index contributed by atoms with van der Waals surface area (Å²) in [5.41, 5.74) is 1.48. The Balaban J connectivity index is 2.36. The minimum absolute atomic E-state index is 0.324. The van der Waals surface area contributed by atoms with E-state index < -0.39 is 0 Å². The normalized spacial score (nSPS) is 10.4. The van der Waals surface area contributed by atoms with Crippen LogP contribution in [0.15, 0.2) is 16.7 Å². The SMILES string of the molecule is CCc1noc(C)c1C(=O)Nc1cc(Cl)c(OC)cc1OC. The highest BCUT2D eigenvalue weighted by Crippen LogP contribution is 2.36. The van der Waals surface area contributed by atoms with Crippen LogP contribution in [0.1, 0.15) is 28.7 Å². The third kappa shape index (κ3) is 3.01. The van der Waals surface area contributed by atoms with Crippen LogP contribution in [0.3, 0.4) is 0 Å². The number of hydrogen-bond acceptors (Lipinski definition) is 5. The average Bonchev–Trinajstić information content (AvgIpc) is 2.88. The number of anilines is 1. The van der Waals surface area contributed by atoms with Crippen LogP contribution in [0.4, 0.5) is 5.69 Å². The number of carbonyl (C=O) groups excluding carboxylic acids is 1. The minimum atomic E-state index is -0.324. The molecule has 0 unspecified atom stereocenters. The van der Waals surface area contributed by atoms with Crippen molar-refractivity contribution >= 4 is 23.2 Å². The number of methoxy groups -OCH3 is 2. The summed E-state index contributed by atoms with van der Waals surface area (Å²) in [7, 11) is 3.01. The molecule has 0 fully saturated rings. The fraction of sp³-hybridized carbons (Fsp3) is 0.333. The first-order chi connectivity index (χ1) is 10.5. The second-order valence-corrected chi connectivity index (χ2v) is 4.96. The van der Waals surface area contributed by atoms with Crippen molar-refractivity contribution in [3.63, 3.8) is 0 Å². The minimum Gasteiger partial charge on any atom is -0.495 e.